The standard InChI is InChI=1S/C22H30N2O4S/c1-5-8-20(28-6-2)15-18-9-7-10-19(22(18)27-4)16-23-24-29(25,26)21-13-11-17(3)12-14-21/h7,9-14,16,20,24H,5-6,8,15H2,1-4H3. The van der Waals surface area contributed by atoms with E-state index in [-0.39, 0.29) is 11.0 Å². The molecule has 1 N–H and O–H groups in total. The van der Waals surface area contributed by atoms with Crippen LogP contribution in [0.2, 0.25) is 0 Å². The Labute approximate surface area is 174 Å². The van der Waals surface area contributed by atoms with Crippen LogP contribution in [0.4, 0.5) is 0 Å². The van der Waals surface area contributed by atoms with Gasteiger partial charge in [-0.3, -0.25) is 0 Å². The Morgan fingerprint density at radius 2 is 1.86 bits per heavy atom. The van der Waals surface area contributed by atoms with Crippen molar-refractivity contribution in [2.24, 2.45) is 5.10 Å². The molecule has 0 saturated heterocycles. The molecular formula is C22H30N2O4S. The highest BCUT2D eigenvalue weighted by atomic mass is 32.2. The number of methoxy groups -OCH3 is 1. The van der Waals surface area contributed by atoms with Gasteiger partial charge in [-0.2, -0.15) is 13.5 Å². The molecule has 0 radical (unpaired) electrons. The van der Waals surface area contributed by atoms with Gasteiger partial charge in [0.25, 0.3) is 10.0 Å². The summed E-state index contributed by atoms with van der Waals surface area (Å²) in [6, 6.07) is 12.3. The van der Waals surface area contributed by atoms with Crippen molar-refractivity contribution in [3.63, 3.8) is 0 Å². The molecule has 2 aromatic carbocycles. The molecule has 0 aliphatic carbocycles. The van der Waals surface area contributed by atoms with Gasteiger partial charge in [-0.15, -0.1) is 0 Å². The Balaban J connectivity index is 2.18. The van der Waals surface area contributed by atoms with Gasteiger partial charge in [0.2, 0.25) is 0 Å². The molecule has 1 unspecified atom stereocenters. The van der Waals surface area contributed by atoms with E-state index in [1.165, 1.54) is 6.21 Å². The first-order chi connectivity index (χ1) is 13.9. The van der Waals surface area contributed by atoms with Gasteiger partial charge in [0.05, 0.1) is 24.3 Å². The smallest absolute Gasteiger partial charge is 0.276 e. The van der Waals surface area contributed by atoms with E-state index >= 15 is 0 Å². The molecule has 0 saturated carbocycles. The number of hydrazone groups is 1. The third-order valence-electron chi connectivity index (χ3n) is 4.50. The second-order valence-corrected chi connectivity index (χ2v) is 8.44. The maximum absolute atomic E-state index is 12.4. The summed E-state index contributed by atoms with van der Waals surface area (Å²) >= 11 is 0. The number of hydrogen-bond acceptors (Lipinski definition) is 5. The van der Waals surface area contributed by atoms with E-state index < -0.39 is 10.0 Å². The molecule has 0 fully saturated rings. The summed E-state index contributed by atoms with van der Waals surface area (Å²) in [6.45, 7) is 6.68. The first kappa shape index (κ1) is 22.9. The predicted molar refractivity (Wildman–Crippen MR) is 116 cm³/mol. The quantitative estimate of drug-likeness (QED) is 0.441. The van der Waals surface area contributed by atoms with E-state index in [0.29, 0.717) is 17.9 Å². The number of ether oxygens (including phenoxy) is 2. The zero-order valence-corrected chi connectivity index (χ0v) is 18.3. The van der Waals surface area contributed by atoms with Gasteiger partial charge >= 0.3 is 0 Å². The van der Waals surface area contributed by atoms with Crippen LogP contribution in [0.15, 0.2) is 52.5 Å². The topological polar surface area (TPSA) is 77.0 Å². The SMILES string of the molecule is CCCC(Cc1cccc(C=NNS(=O)(=O)c2ccc(C)cc2)c1OC)OCC. The van der Waals surface area contributed by atoms with Crippen molar-refractivity contribution in [2.45, 2.75) is 51.0 Å². The van der Waals surface area contributed by atoms with Crippen LogP contribution in [-0.2, 0) is 21.2 Å². The summed E-state index contributed by atoms with van der Waals surface area (Å²) in [5, 5.41) is 3.94. The zero-order valence-electron chi connectivity index (χ0n) is 17.5. The summed E-state index contributed by atoms with van der Waals surface area (Å²) in [5.74, 6) is 0.673. The fourth-order valence-electron chi connectivity index (χ4n) is 3.10. The van der Waals surface area contributed by atoms with Gasteiger partial charge in [-0.25, -0.2) is 4.83 Å². The van der Waals surface area contributed by atoms with Gasteiger partial charge in [-0.1, -0.05) is 43.2 Å². The fraction of sp³-hybridized carbons (Fsp3) is 0.409. The van der Waals surface area contributed by atoms with Crippen LogP contribution in [0.25, 0.3) is 0 Å². The van der Waals surface area contributed by atoms with Crippen LogP contribution < -0.4 is 9.57 Å². The molecule has 1 atom stereocenters. The van der Waals surface area contributed by atoms with Crippen molar-refractivity contribution in [3.05, 3.63) is 59.2 Å². The van der Waals surface area contributed by atoms with Crippen molar-refractivity contribution in [2.75, 3.05) is 13.7 Å². The third kappa shape index (κ3) is 6.58. The number of benzene rings is 2. The minimum absolute atomic E-state index is 0.117. The largest absolute Gasteiger partial charge is 0.496 e. The summed E-state index contributed by atoms with van der Waals surface area (Å²) in [5.41, 5.74) is 2.69. The number of hydrogen-bond donors (Lipinski definition) is 1. The van der Waals surface area contributed by atoms with Crippen LogP contribution in [0.3, 0.4) is 0 Å². The van der Waals surface area contributed by atoms with E-state index in [4.69, 9.17) is 9.47 Å². The first-order valence-electron chi connectivity index (χ1n) is 9.80. The third-order valence-corrected chi connectivity index (χ3v) is 5.74. The highest BCUT2D eigenvalue weighted by Crippen LogP contribution is 2.25. The molecule has 0 heterocycles. The Bertz CT molecular complexity index is 903. The predicted octanol–water partition coefficient (Wildman–Crippen LogP) is 4.06. The molecular weight excluding hydrogens is 388 g/mol. The van der Waals surface area contributed by atoms with Gasteiger partial charge in [0, 0.05) is 18.6 Å². The number of nitrogens with one attached hydrogen (secondary N) is 1. The van der Waals surface area contributed by atoms with Gasteiger partial charge in [0.1, 0.15) is 5.75 Å². The maximum atomic E-state index is 12.4. The number of rotatable bonds is 11. The highest BCUT2D eigenvalue weighted by Gasteiger charge is 2.15. The molecule has 0 amide bonds. The molecule has 2 rings (SSSR count). The van der Waals surface area contributed by atoms with Crippen molar-refractivity contribution >= 4 is 16.2 Å². The second-order valence-electron chi connectivity index (χ2n) is 6.78. The van der Waals surface area contributed by atoms with Gasteiger partial charge in [-0.05, 0) is 44.0 Å². The van der Waals surface area contributed by atoms with E-state index in [9.17, 15) is 8.42 Å². The van der Waals surface area contributed by atoms with Crippen molar-refractivity contribution in [3.8, 4) is 5.75 Å². The number of aryl methyl sites for hydroxylation is 1. The summed E-state index contributed by atoms with van der Waals surface area (Å²) in [7, 11) is -2.12. The summed E-state index contributed by atoms with van der Waals surface area (Å²) in [4.78, 5) is 2.42. The Hall–Kier alpha value is -2.38. The highest BCUT2D eigenvalue weighted by molar-refractivity contribution is 7.89. The Morgan fingerprint density at radius 1 is 1.14 bits per heavy atom. The molecule has 0 aromatic heterocycles. The monoisotopic (exact) mass is 418 g/mol. The van der Waals surface area contributed by atoms with Crippen LogP contribution in [0, 0.1) is 6.92 Å². The molecule has 7 heteroatoms. The van der Waals surface area contributed by atoms with Crippen LogP contribution in [-0.4, -0.2) is 34.5 Å². The zero-order chi connectivity index (χ0) is 21.3. The molecule has 0 bridgehead atoms. The van der Waals surface area contributed by atoms with Gasteiger partial charge in [0.15, 0.2) is 0 Å². The van der Waals surface area contributed by atoms with Crippen molar-refractivity contribution in [1.29, 1.82) is 0 Å². The molecule has 0 aliphatic rings. The second kappa shape index (κ2) is 11.0. The Kier molecular flexibility index (Phi) is 8.67. The molecule has 158 valence electrons. The average molecular weight is 419 g/mol. The molecule has 29 heavy (non-hydrogen) atoms. The van der Waals surface area contributed by atoms with E-state index in [2.05, 4.69) is 16.9 Å². The summed E-state index contributed by atoms with van der Waals surface area (Å²) in [6.07, 6.45) is 4.30. The lowest BCUT2D eigenvalue weighted by Gasteiger charge is -2.18. The van der Waals surface area contributed by atoms with E-state index in [1.807, 2.05) is 32.0 Å². The van der Waals surface area contributed by atoms with Crippen molar-refractivity contribution < 1.29 is 17.9 Å². The minimum atomic E-state index is -3.72. The lowest BCUT2D eigenvalue weighted by molar-refractivity contribution is 0.0562. The normalized spacial score (nSPS) is 12.8. The molecule has 0 aliphatic heterocycles. The maximum Gasteiger partial charge on any atom is 0.276 e. The molecule has 2 aromatic rings. The van der Waals surface area contributed by atoms with Gasteiger partial charge < -0.3 is 9.47 Å². The lowest BCUT2D eigenvalue weighted by atomic mass is 10.0. The molecule has 6 nitrogen and oxygen atoms in total. The molecule has 0 spiro atoms. The van der Waals surface area contributed by atoms with Crippen LogP contribution >= 0.6 is 0 Å². The van der Waals surface area contributed by atoms with Crippen LogP contribution in [0.5, 0.6) is 5.75 Å². The lowest BCUT2D eigenvalue weighted by Crippen LogP contribution is -2.18. The Morgan fingerprint density at radius 3 is 2.48 bits per heavy atom. The average Bonchev–Trinajstić information content (AvgIpc) is 2.69. The summed E-state index contributed by atoms with van der Waals surface area (Å²) < 4.78 is 36.2. The van der Waals surface area contributed by atoms with E-state index in [1.54, 1.807) is 31.4 Å². The number of nitrogens with zero attached hydrogens (tertiary/aromatic N) is 1. The van der Waals surface area contributed by atoms with Crippen LogP contribution in [0.1, 0.15) is 43.4 Å². The number of para-hydroxylation sites is 1. The fourth-order valence-corrected chi connectivity index (χ4v) is 3.89. The minimum Gasteiger partial charge on any atom is -0.496 e. The first-order valence-corrected chi connectivity index (χ1v) is 11.3. The van der Waals surface area contributed by atoms with Crippen molar-refractivity contribution in [1.82, 2.24) is 4.83 Å². The van der Waals surface area contributed by atoms with E-state index in [0.717, 1.165) is 30.4 Å². The number of sulfonamides is 1.